The number of benzene rings is 2. The molecule has 0 amide bonds. The van der Waals surface area contributed by atoms with Gasteiger partial charge in [-0.05, 0) is 25.1 Å². The molecule has 1 aliphatic rings. The second-order valence-corrected chi connectivity index (χ2v) is 7.12. The highest BCUT2D eigenvalue weighted by Gasteiger charge is 2.37. The van der Waals surface area contributed by atoms with Crippen LogP contribution in [-0.4, -0.2) is 24.7 Å². The summed E-state index contributed by atoms with van der Waals surface area (Å²) in [5, 5.41) is 4.34. The normalized spacial score (nSPS) is 15.1. The van der Waals surface area contributed by atoms with E-state index >= 15 is 0 Å². The van der Waals surface area contributed by atoms with Crippen molar-refractivity contribution in [3.8, 4) is 16.9 Å². The molecule has 0 unspecified atom stereocenters. The van der Waals surface area contributed by atoms with Gasteiger partial charge in [-0.15, -0.1) is 0 Å². The van der Waals surface area contributed by atoms with Gasteiger partial charge >= 0.3 is 0 Å². The van der Waals surface area contributed by atoms with Crippen molar-refractivity contribution in [3.63, 3.8) is 0 Å². The fourth-order valence-electron chi connectivity index (χ4n) is 3.01. The Hall–Kier alpha value is -2.60. The minimum atomic E-state index is -3.58. The Morgan fingerprint density at radius 1 is 1.00 bits per heavy atom. The predicted molar refractivity (Wildman–Crippen MR) is 89.2 cm³/mol. The largest absolute Gasteiger partial charge is 0.268 e. The second kappa shape index (κ2) is 4.96. The van der Waals surface area contributed by atoms with Gasteiger partial charge in [0.25, 0.3) is 10.0 Å². The average Bonchev–Trinajstić information content (AvgIpc) is 3.02. The molecular weight excluding hydrogens is 310 g/mol. The molecule has 1 aromatic heterocycles. The molecule has 5 nitrogen and oxygen atoms in total. The Labute approximate surface area is 134 Å². The third kappa shape index (κ3) is 1.91. The van der Waals surface area contributed by atoms with Crippen LogP contribution >= 0.6 is 0 Å². The van der Waals surface area contributed by atoms with E-state index in [4.69, 9.17) is 0 Å². The summed E-state index contributed by atoms with van der Waals surface area (Å²) in [6.45, 7) is 2.22. The Kier molecular flexibility index (Phi) is 3.02. The molecule has 23 heavy (non-hydrogen) atoms. The van der Waals surface area contributed by atoms with Crippen LogP contribution in [-0.2, 0) is 10.0 Å². The smallest absolute Gasteiger partial charge is 0.266 e. The molecule has 0 aliphatic carbocycles. The van der Waals surface area contributed by atoms with E-state index in [9.17, 15) is 8.42 Å². The van der Waals surface area contributed by atoms with Crippen molar-refractivity contribution in [3.05, 3.63) is 60.8 Å². The second-order valence-electron chi connectivity index (χ2n) is 5.29. The van der Waals surface area contributed by atoms with Crippen LogP contribution in [0.3, 0.4) is 0 Å². The molecule has 0 saturated carbocycles. The Morgan fingerprint density at radius 2 is 1.70 bits per heavy atom. The van der Waals surface area contributed by atoms with Crippen molar-refractivity contribution < 1.29 is 8.42 Å². The number of rotatable bonds is 2. The number of sulfonamides is 1. The minimum absolute atomic E-state index is 0.252. The first-order chi connectivity index (χ1) is 11.1. The molecule has 2 heterocycles. The quantitative estimate of drug-likeness (QED) is 0.727. The van der Waals surface area contributed by atoms with Crippen LogP contribution in [0.5, 0.6) is 0 Å². The maximum absolute atomic E-state index is 12.9. The lowest BCUT2D eigenvalue weighted by molar-refractivity contribution is 0.591. The SMILES string of the molecule is CCN1c2ccccc2-c2c(cnn2-c2ccccc2)S1(=O)=O. The summed E-state index contributed by atoms with van der Waals surface area (Å²) in [6.07, 6.45) is 1.44. The Balaban J connectivity index is 2.07. The number of nitrogens with zero attached hydrogens (tertiary/aromatic N) is 3. The van der Waals surface area contributed by atoms with Crippen molar-refractivity contribution in [1.82, 2.24) is 9.78 Å². The topological polar surface area (TPSA) is 55.2 Å². The lowest BCUT2D eigenvalue weighted by atomic mass is 10.1. The highest BCUT2D eigenvalue weighted by molar-refractivity contribution is 7.93. The summed E-state index contributed by atoms with van der Waals surface area (Å²) in [5.41, 5.74) is 3.03. The van der Waals surface area contributed by atoms with E-state index in [1.807, 2.05) is 61.5 Å². The summed E-state index contributed by atoms with van der Waals surface area (Å²) in [4.78, 5) is 0.252. The van der Waals surface area contributed by atoms with Crippen LogP contribution in [0.4, 0.5) is 5.69 Å². The van der Waals surface area contributed by atoms with E-state index in [0.29, 0.717) is 17.9 Å². The van der Waals surface area contributed by atoms with Gasteiger partial charge in [0.2, 0.25) is 0 Å². The number of hydrogen-bond acceptors (Lipinski definition) is 3. The van der Waals surface area contributed by atoms with E-state index in [2.05, 4.69) is 5.10 Å². The number of aromatic nitrogens is 2. The van der Waals surface area contributed by atoms with E-state index in [1.54, 1.807) is 4.68 Å². The summed E-state index contributed by atoms with van der Waals surface area (Å²) in [6, 6.07) is 17.1. The zero-order valence-corrected chi connectivity index (χ0v) is 13.4. The number of anilines is 1. The number of hydrogen-bond donors (Lipinski definition) is 0. The molecular formula is C17H15N3O2S. The van der Waals surface area contributed by atoms with Gasteiger partial charge < -0.3 is 0 Å². The third-order valence-electron chi connectivity index (χ3n) is 4.02. The van der Waals surface area contributed by atoms with Crippen LogP contribution in [0.25, 0.3) is 16.9 Å². The molecule has 0 bridgehead atoms. The lowest BCUT2D eigenvalue weighted by Gasteiger charge is -2.29. The van der Waals surface area contributed by atoms with Crippen molar-refractivity contribution in [2.45, 2.75) is 11.8 Å². The third-order valence-corrected chi connectivity index (χ3v) is 5.91. The van der Waals surface area contributed by atoms with Crippen LogP contribution in [0.15, 0.2) is 65.7 Å². The highest BCUT2D eigenvalue weighted by Crippen LogP contribution is 2.43. The standard InChI is InChI=1S/C17H15N3O2S/c1-2-19-15-11-7-6-10-14(15)17-16(23(19,21)22)12-18-20(17)13-8-4-3-5-9-13/h3-12H,2H2,1H3. The molecule has 0 saturated heterocycles. The molecule has 0 atom stereocenters. The molecule has 0 spiro atoms. The van der Waals surface area contributed by atoms with Crippen molar-refractivity contribution in [2.24, 2.45) is 0 Å². The summed E-state index contributed by atoms with van der Waals surface area (Å²) in [7, 11) is -3.58. The first-order valence-corrected chi connectivity index (χ1v) is 8.84. The monoisotopic (exact) mass is 325 g/mol. The maximum atomic E-state index is 12.9. The van der Waals surface area contributed by atoms with Gasteiger partial charge in [-0.3, -0.25) is 4.31 Å². The molecule has 0 N–H and O–H groups in total. The summed E-state index contributed by atoms with van der Waals surface area (Å²) in [5.74, 6) is 0. The molecule has 1 aliphatic heterocycles. The van der Waals surface area contributed by atoms with E-state index in [-0.39, 0.29) is 4.90 Å². The van der Waals surface area contributed by atoms with Crippen molar-refractivity contribution >= 4 is 15.7 Å². The van der Waals surface area contributed by atoms with Crippen molar-refractivity contribution in [2.75, 3.05) is 10.8 Å². The molecule has 0 fully saturated rings. The van der Waals surface area contributed by atoms with Crippen LogP contribution in [0.2, 0.25) is 0 Å². The maximum Gasteiger partial charge on any atom is 0.268 e. The van der Waals surface area contributed by atoms with Crippen LogP contribution in [0, 0.1) is 0 Å². The van der Waals surface area contributed by atoms with Gasteiger partial charge in [0, 0.05) is 12.1 Å². The van der Waals surface area contributed by atoms with Gasteiger partial charge in [0.1, 0.15) is 4.90 Å². The Morgan fingerprint density at radius 3 is 2.43 bits per heavy atom. The highest BCUT2D eigenvalue weighted by atomic mass is 32.2. The molecule has 4 rings (SSSR count). The number of fused-ring (bicyclic) bond motifs is 3. The summed E-state index contributed by atoms with van der Waals surface area (Å²) >= 11 is 0. The molecule has 6 heteroatoms. The van der Waals surface area contributed by atoms with E-state index < -0.39 is 10.0 Å². The zero-order chi connectivity index (χ0) is 16.0. The Bertz CT molecular complexity index is 978. The molecule has 0 radical (unpaired) electrons. The average molecular weight is 325 g/mol. The molecule has 2 aromatic carbocycles. The van der Waals surface area contributed by atoms with E-state index in [1.165, 1.54) is 10.5 Å². The first kappa shape index (κ1) is 14.0. The minimum Gasteiger partial charge on any atom is -0.266 e. The lowest BCUT2D eigenvalue weighted by Crippen LogP contribution is -2.34. The first-order valence-electron chi connectivity index (χ1n) is 7.40. The van der Waals surface area contributed by atoms with Crippen LogP contribution in [0.1, 0.15) is 6.92 Å². The van der Waals surface area contributed by atoms with Gasteiger partial charge in [0.05, 0.1) is 23.3 Å². The predicted octanol–water partition coefficient (Wildman–Crippen LogP) is 3.07. The molecule has 3 aromatic rings. The van der Waals surface area contributed by atoms with Gasteiger partial charge in [-0.25, -0.2) is 13.1 Å². The van der Waals surface area contributed by atoms with Crippen LogP contribution < -0.4 is 4.31 Å². The fraction of sp³-hybridized carbons (Fsp3) is 0.118. The van der Waals surface area contributed by atoms with Gasteiger partial charge in [-0.2, -0.15) is 5.10 Å². The summed E-state index contributed by atoms with van der Waals surface area (Å²) < 4.78 is 29.0. The number of para-hydroxylation sites is 2. The van der Waals surface area contributed by atoms with E-state index in [0.717, 1.165) is 11.3 Å². The molecule has 116 valence electrons. The van der Waals surface area contributed by atoms with Gasteiger partial charge in [0.15, 0.2) is 0 Å². The van der Waals surface area contributed by atoms with Crippen molar-refractivity contribution in [1.29, 1.82) is 0 Å². The van der Waals surface area contributed by atoms with Gasteiger partial charge in [-0.1, -0.05) is 36.4 Å². The zero-order valence-electron chi connectivity index (χ0n) is 12.5. The fourth-order valence-corrected chi connectivity index (χ4v) is 4.63.